The first-order valence-corrected chi connectivity index (χ1v) is 13.7. The summed E-state index contributed by atoms with van der Waals surface area (Å²) in [6.07, 6.45) is 1.87. The summed E-state index contributed by atoms with van der Waals surface area (Å²) in [5, 5.41) is 2.65. The molecule has 2 aromatic rings. The lowest BCUT2D eigenvalue weighted by atomic mass is 9.96. The minimum absolute atomic E-state index is 0.0744. The average Bonchev–Trinajstić information content (AvgIpc) is 3.34. The maximum Gasteiger partial charge on any atom is 0.404 e. The summed E-state index contributed by atoms with van der Waals surface area (Å²) in [5.41, 5.74) is 0.144. The van der Waals surface area contributed by atoms with Crippen LogP contribution in [0, 0.1) is 5.92 Å². The van der Waals surface area contributed by atoms with Gasteiger partial charge in [0.15, 0.2) is 0 Å². The number of rotatable bonds is 6. The highest BCUT2D eigenvalue weighted by molar-refractivity contribution is 9.10. The molecule has 13 heteroatoms. The fourth-order valence-electron chi connectivity index (χ4n) is 4.79. The van der Waals surface area contributed by atoms with Crippen LogP contribution in [-0.4, -0.2) is 69.2 Å². The van der Waals surface area contributed by atoms with Crippen LogP contribution in [0.2, 0.25) is 0 Å². The van der Waals surface area contributed by atoms with Crippen molar-refractivity contribution in [3.05, 3.63) is 40.4 Å². The van der Waals surface area contributed by atoms with Gasteiger partial charge in [-0.25, -0.2) is 15.0 Å². The molecule has 212 valence electrons. The molecule has 39 heavy (non-hydrogen) atoms. The van der Waals surface area contributed by atoms with E-state index >= 15 is 0 Å². The van der Waals surface area contributed by atoms with Gasteiger partial charge in [-0.3, -0.25) is 14.5 Å². The fraction of sp³-hybridized carbons (Fsp3) is 0.577. The minimum Gasteiger partial charge on any atom is -0.460 e. The molecular formula is C26H32BrF3N6O3. The number of amides is 1. The van der Waals surface area contributed by atoms with Crippen LogP contribution in [0.3, 0.4) is 0 Å². The molecule has 0 saturated carbocycles. The zero-order chi connectivity index (χ0) is 28.4. The number of anilines is 2. The molecule has 0 spiro atoms. The number of ether oxygens (including phenoxy) is 1. The van der Waals surface area contributed by atoms with E-state index in [9.17, 15) is 22.8 Å². The lowest BCUT2D eigenvalue weighted by molar-refractivity contribution is -0.177. The van der Waals surface area contributed by atoms with Crippen LogP contribution in [0.25, 0.3) is 0 Å². The minimum atomic E-state index is -4.29. The van der Waals surface area contributed by atoms with Gasteiger partial charge in [0.05, 0.1) is 18.3 Å². The van der Waals surface area contributed by atoms with Gasteiger partial charge in [0, 0.05) is 30.3 Å². The number of halogens is 4. The van der Waals surface area contributed by atoms with Gasteiger partial charge in [-0.15, -0.1) is 0 Å². The lowest BCUT2D eigenvalue weighted by Gasteiger charge is -2.33. The van der Waals surface area contributed by atoms with Gasteiger partial charge < -0.3 is 15.0 Å². The van der Waals surface area contributed by atoms with E-state index in [-0.39, 0.29) is 36.4 Å². The normalized spacial score (nSPS) is 19.3. The monoisotopic (exact) mass is 612 g/mol. The number of nitrogens with zero attached hydrogens (tertiary/aromatic N) is 5. The second kappa shape index (κ2) is 11.7. The highest BCUT2D eigenvalue weighted by atomic mass is 79.9. The Morgan fingerprint density at radius 1 is 1.05 bits per heavy atom. The molecule has 2 aliphatic heterocycles. The van der Waals surface area contributed by atoms with Crippen molar-refractivity contribution in [3.8, 4) is 0 Å². The predicted octanol–water partition coefficient (Wildman–Crippen LogP) is 4.97. The highest BCUT2D eigenvalue weighted by Gasteiger charge is 2.45. The first-order valence-electron chi connectivity index (χ1n) is 12.9. The van der Waals surface area contributed by atoms with Gasteiger partial charge in [-0.05, 0) is 80.6 Å². The number of esters is 1. The summed E-state index contributed by atoms with van der Waals surface area (Å²) in [6.45, 7) is 7.20. The van der Waals surface area contributed by atoms with Crippen molar-refractivity contribution in [1.29, 1.82) is 0 Å². The Hall–Kier alpha value is -2.80. The van der Waals surface area contributed by atoms with Crippen LogP contribution in [0.4, 0.5) is 24.8 Å². The topological polar surface area (TPSA) is 101 Å². The van der Waals surface area contributed by atoms with Crippen molar-refractivity contribution in [2.24, 2.45) is 5.92 Å². The summed E-state index contributed by atoms with van der Waals surface area (Å²) in [5.74, 6) is -0.0796. The Morgan fingerprint density at radius 3 is 2.38 bits per heavy atom. The van der Waals surface area contributed by atoms with Gasteiger partial charge in [-0.2, -0.15) is 13.2 Å². The van der Waals surface area contributed by atoms with E-state index in [2.05, 4.69) is 36.2 Å². The third kappa shape index (κ3) is 7.65. The number of hydrogen-bond donors (Lipinski definition) is 1. The Morgan fingerprint density at radius 2 is 1.77 bits per heavy atom. The second-order valence-corrected chi connectivity index (χ2v) is 11.7. The van der Waals surface area contributed by atoms with Crippen LogP contribution >= 0.6 is 15.9 Å². The SMILES string of the molecule is CC(C)(C)OC(=O)C1CCN(c2cnc(C(=O)Nc3cc(CN4CCC[C@H]4C(F)(F)F)c(Br)cn3)cn2)CC1. The van der Waals surface area contributed by atoms with Crippen LogP contribution in [0.1, 0.15) is 62.5 Å². The molecule has 2 saturated heterocycles. The molecule has 0 aliphatic carbocycles. The largest absolute Gasteiger partial charge is 0.460 e. The van der Waals surface area contributed by atoms with E-state index < -0.39 is 23.7 Å². The summed E-state index contributed by atoms with van der Waals surface area (Å²) < 4.78 is 46.1. The maximum atomic E-state index is 13.3. The molecular weight excluding hydrogens is 581 g/mol. The Labute approximate surface area is 233 Å². The Kier molecular flexibility index (Phi) is 8.79. The van der Waals surface area contributed by atoms with Crippen molar-refractivity contribution in [2.75, 3.05) is 29.9 Å². The first kappa shape index (κ1) is 29.2. The van der Waals surface area contributed by atoms with Gasteiger partial charge >= 0.3 is 12.1 Å². The van der Waals surface area contributed by atoms with Crippen molar-refractivity contribution in [1.82, 2.24) is 19.9 Å². The lowest BCUT2D eigenvalue weighted by Crippen LogP contribution is -2.40. The number of carbonyl (C=O) groups is 2. The molecule has 4 rings (SSSR count). The van der Waals surface area contributed by atoms with Gasteiger partial charge in [-0.1, -0.05) is 0 Å². The molecule has 1 N–H and O–H groups in total. The molecule has 9 nitrogen and oxygen atoms in total. The summed E-state index contributed by atoms with van der Waals surface area (Å²) >= 11 is 3.35. The van der Waals surface area contributed by atoms with E-state index in [4.69, 9.17) is 4.74 Å². The number of nitrogens with one attached hydrogen (secondary N) is 1. The van der Waals surface area contributed by atoms with Crippen molar-refractivity contribution >= 4 is 39.4 Å². The number of hydrogen-bond acceptors (Lipinski definition) is 8. The van der Waals surface area contributed by atoms with Crippen molar-refractivity contribution in [3.63, 3.8) is 0 Å². The second-order valence-electron chi connectivity index (χ2n) is 10.8. The molecule has 1 amide bonds. The zero-order valence-electron chi connectivity index (χ0n) is 22.1. The fourth-order valence-corrected chi connectivity index (χ4v) is 5.13. The number of pyridine rings is 1. The number of piperidine rings is 1. The molecule has 2 aromatic heterocycles. The number of likely N-dealkylation sites (tertiary alicyclic amines) is 1. The molecule has 2 fully saturated rings. The third-order valence-electron chi connectivity index (χ3n) is 6.72. The van der Waals surface area contributed by atoms with Crippen LogP contribution < -0.4 is 10.2 Å². The van der Waals surface area contributed by atoms with Crippen molar-refractivity contribution in [2.45, 2.75) is 70.8 Å². The smallest absolute Gasteiger partial charge is 0.404 e. The van der Waals surface area contributed by atoms with E-state index in [0.29, 0.717) is 54.8 Å². The molecule has 0 aromatic carbocycles. The van der Waals surface area contributed by atoms with E-state index in [0.717, 1.165) is 0 Å². The Bertz CT molecular complexity index is 1180. The number of aromatic nitrogens is 3. The van der Waals surface area contributed by atoms with E-state index in [1.165, 1.54) is 23.5 Å². The molecule has 0 radical (unpaired) electrons. The zero-order valence-corrected chi connectivity index (χ0v) is 23.7. The summed E-state index contributed by atoms with van der Waals surface area (Å²) in [7, 11) is 0. The van der Waals surface area contributed by atoms with E-state index in [1.807, 2.05) is 25.7 Å². The quantitative estimate of drug-likeness (QED) is 0.456. The third-order valence-corrected chi connectivity index (χ3v) is 7.44. The molecule has 0 unspecified atom stereocenters. The van der Waals surface area contributed by atoms with Crippen LogP contribution in [-0.2, 0) is 16.1 Å². The summed E-state index contributed by atoms with van der Waals surface area (Å²) in [6, 6.07) is 0.0807. The van der Waals surface area contributed by atoms with Crippen LogP contribution in [0.5, 0.6) is 0 Å². The van der Waals surface area contributed by atoms with Crippen LogP contribution in [0.15, 0.2) is 29.1 Å². The molecule has 4 heterocycles. The maximum absolute atomic E-state index is 13.3. The van der Waals surface area contributed by atoms with E-state index in [1.54, 1.807) is 6.07 Å². The standard InChI is InChI=1S/C26H32BrF3N6O3/c1-25(2,3)39-24(38)16-6-9-35(10-7-16)22-14-31-19(13-33-22)23(37)34-21-11-17(18(27)12-32-21)15-36-8-4-5-20(36)26(28,29)30/h11-14,16,20H,4-10,15H2,1-3H3,(H,32,34,37)/t20-/m0/s1. The van der Waals surface area contributed by atoms with Gasteiger partial charge in [0.1, 0.15) is 29.0 Å². The van der Waals surface area contributed by atoms with Gasteiger partial charge in [0.25, 0.3) is 5.91 Å². The molecule has 1 atom stereocenters. The molecule has 2 aliphatic rings. The average molecular weight is 613 g/mol. The van der Waals surface area contributed by atoms with Crippen molar-refractivity contribution < 1.29 is 27.5 Å². The predicted molar refractivity (Wildman–Crippen MR) is 142 cm³/mol. The summed E-state index contributed by atoms with van der Waals surface area (Å²) in [4.78, 5) is 41.3. The first-order chi connectivity index (χ1) is 18.3. The molecule has 0 bridgehead atoms. The number of alkyl halides is 3. The van der Waals surface area contributed by atoms with Gasteiger partial charge in [0.2, 0.25) is 0 Å². The number of carbonyl (C=O) groups excluding carboxylic acids is 2. The Balaban J connectivity index is 1.34. The highest BCUT2D eigenvalue weighted by Crippen LogP contribution is 2.34.